The highest BCUT2D eigenvalue weighted by molar-refractivity contribution is 5.73. The molecule has 1 saturated heterocycles. The Labute approximate surface area is 174 Å². The van der Waals surface area contributed by atoms with Gasteiger partial charge in [-0.2, -0.15) is 0 Å². The Morgan fingerprint density at radius 2 is 2.03 bits per heavy atom. The number of nitrogens with zero attached hydrogens (tertiary/aromatic N) is 5. The van der Waals surface area contributed by atoms with E-state index in [1.165, 1.54) is 0 Å². The zero-order chi connectivity index (χ0) is 20.5. The summed E-state index contributed by atoms with van der Waals surface area (Å²) in [5.74, 6) is 1.15. The first kappa shape index (κ1) is 19.1. The molecule has 1 N–H and O–H groups in total. The highest BCUT2D eigenvalue weighted by Gasteiger charge is 2.30. The predicted octanol–water partition coefficient (Wildman–Crippen LogP) is 3.57. The summed E-state index contributed by atoms with van der Waals surface area (Å²) in [4.78, 5) is 9.45. The number of aromatic hydroxyl groups is 1. The number of phenols is 1. The summed E-state index contributed by atoms with van der Waals surface area (Å²) in [7, 11) is 1.84. The van der Waals surface area contributed by atoms with E-state index in [-0.39, 0.29) is 12.0 Å². The van der Waals surface area contributed by atoms with E-state index < -0.39 is 0 Å². The summed E-state index contributed by atoms with van der Waals surface area (Å²) in [6.07, 6.45) is 6.88. The lowest BCUT2D eigenvalue weighted by Gasteiger charge is -2.22. The lowest BCUT2D eigenvalue weighted by atomic mass is 10.0. The van der Waals surface area contributed by atoms with Crippen molar-refractivity contribution in [3.8, 4) is 28.4 Å². The van der Waals surface area contributed by atoms with E-state index in [9.17, 15) is 5.11 Å². The molecule has 0 bridgehead atoms. The molecule has 1 aliphatic heterocycles. The van der Waals surface area contributed by atoms with Crippen LogP contribution in [0.4, 0.5) is 0 Å². The van der Waals surface area contributed by atoms with Gasteiger partial charge in [-0.3, -0.25) is 0 Å². The molecule has 0 radical (unpaired) electrons. The zero-order valence-corrected chi connectivity index (χ0v) is 17.0. The highest BCUT2D eigenvalue weighted by Crippen LogP contribution is 2.45. The van der Waals surface area contributed by atoms with Crippen LogP contribution < -0.4 is 0 Å². The summed E-state index contributed by atoms with van der Waals surface area (Å²) in [5.41, 5.74) is 4.02. The molecular formula is C22H25N5O3. The van der Waals surface area contributed by atoms with Crippen LogP contribution in [-0.2, 0) is 23.1 Å². The van der Waals surface area contributed by atoms with E-state index in [0.29, 0.717) is 24.0 Å². The van der Waals surface area contributed by atoms with Crippen LogP contribution in [0, 0.1) is 0 Å². The minimum absolute atomic E-state index is 0.187. The predicted molar refractivity (Wildman–Crippen MR) is 109 cm³/mol. The number of hydrogen-bond acceptors (Lipinski definition) is 7. The van der Waals surface area contributed by atoms with Crippen molar-refractivity contribution in [1.82, 2.24) is 25.0 Å². The van der Waals surface area contributed by atoms with E-state index in [1.54, 1.807) is 16.9 Å². The number of rotatable bonds is 6. The van der Waals surface area contributed by atoms with Crippen LogP contribution >= 0.6 is 0 Å². The second-order valence-corrected chi connectivity index (χ2v) is 7.90. The highest BCUT2D eigenvalue weighted by atomic mass is 16.7. The van der Waals surface area contributed by atoms with Crippen LogP contribution in [0.1, 0.15) is 49.4 Å². The largest absolute Gasteiger partial charge is 0.507 e. The van der Waals surface area contributed by atoms with Crippen LogP contribution in [0.25, 0.3) is 22.6 Å². The fourth-order valence-corrected chi connectivity index (χ4v) is 3.81. The monoisotopic (exact) mass is 407 g/mol. The molecule has 1 atom stereocenters. The Hall–Kier alpha value is -2.84. The molecule has 2 aliphatic rings. The number of hydrogen-bond donors (Lipinski definition) is 1. The minimum atomic E-state index is -0.187. The first-order chi connectivity index (χ1) is 14.7. The van der Waals surface area contributed by atoms with Gasteiger partial charge in [-0.05, 0) is 38.2 Å². The van der Waals surface area contributed by atoms with Crippen molar-refractivity contribution in [2.45, 2.75) is 50.9 Å². The molecule has 1 saturated carbocycles. The Morgan fingerprint density at radius 1 is 1.17 bits per heavy atom. The van der Waals surface area contributed by atoms with E-state index in [0.717, 1.165) is 61.2 Å². The maximum absolute atomic E-state index is 10.3. The molecule has 8 heteroatoms. The van der Waals surface area contributed by atoms with Gasteiger partial charge in [0.25, 0.3) is 0 Å². The molecule has 8 nitrogen and oxygen atoms in total. The molecule has 0 amide bonds. The number of aromatic nitrogens is 5. The molecular weight excluding hydrogens is 382 g/mol. The van der Waals surface area contributed by atoms with Gasteiger partial charge >= 0.3 is 0 Å². The van der Waals surface area contributed by atoms with Crippen molar-refractivity contribution in [3.05, 3.63) is 41.9 Å². The summed E-state index contributed by atoms with van der Waals surface area (Å²) >= 11 is 0. The third-order valence-corrected chi connectivity index (χ3v) is 5.68. The third-order valence-electron chi connectivity index (χ3n) is 5.68. The molecule has 1 aromatic carbocycles. The summed E-state index contributed by atoms with van der Waals surface area (Å²) in [6.45, 7) is 1.08. The molecule has 30 heavy (non-hydrogen) atoms. The van der Waals surface area contributed by atoms with Gasteiger partial charge in [0.15, 0.2) is 17.8 Å². The fourth-order valence-electron chi connectivity index (χ4n) is 3.81. The molecule has 3 aromatic rings. The van der Waals surface area contributed by atoms with Crippen LogP contribution in [0.5, 0.6) is 5.75 Å². The van der Waals surface area contributed by atoms with Crippen molar-refractivity contribution in [3.63, 3.8) is 0 Å². The van der Waals surface area contributed by atoms with E-state index in [1.807, 2.05) is 25.2 Å². The summed E-state index contributed by atoms with van der Waals surface area (Å²) in [5, 5.41) is 18.8. The van der Waals surface area contributed by atoms with Crippen molar-refractivity contribution < 1.29 is 14.6 Å². The maximum Gasteiger partial charge on any atom is 0.182 e. The SMILES string of the molecule is Cn1nnc(-c2ncc(-c3ccccc3O)c(C3CC3)n2)c1COC1CCCCO1. The quantitative estimate of drug-likeness (QED) is 0.667. The second-order valence-electron chi connectivity index (χ2n) is 7.90. The van der Waals surface area contributed by atoms with Gasteiger partial charge in [-0.1, -0.05) is 23.4 Å². The van der Waals surface area contributed by atoms with Gasteiger partial charge in [-0.15, -0.1) is 5.10 Å². The molecule has 156 valence electrons. The van der Waals surface area contributed by atoms with Crippen molar-refractivity contribution in [1.29, 1.82) is 0 Å². The van der Waals surface area contributed by atoms with E-state index in [4.69, 9.17) is 14.5 Å². The first-order valence-electron chi connectivity index (χ1n) is 10.5. The molecule has 1 unspecified atom stereocenters. The summed E-state index contributed by atoms with van der Waals surface area (Å²) < 4.78 is 13.3. The van der Waals surface area contributed by atoms with Gasteiger partial charge in [0.05, 0.1) is 18.0 Å². The van der Waals surface area contributed by atoms with Crippen LogP contribution in [-0.4, -0.2) is 43.0 Å². The Kier molecular flexibility index (Phi) is 5.18. The number of aryl methyl sites for hydroxylation is 1. The number of ether oxygens (including phenoxy) is 2. The van der Waals surface area contributed by atoms with Crippen LogP contribution in [0.15, 0.2) is 30.5 Å². The number of para-hydroxylation sites is 1. The Bertz CT molecular complexity index is 1040. The standard InChI is InChI=1S/C22H25N5O3/c1-27-17(13-30-19-8-4-5-11-29-19)21(25-26-27)22-23-12-16(20(24-22)14-9-10-14)15-6-2-3-7-18(15)28/h2-3,6-7,12,14,19,28H,4-5,8-11,13H2,1H3. The van der Waals surface area contributed by atoms with Crippen LogP contribution in [0.2, 0.25) is 0 Å². The molecule has 1 aliphatic carbocycles. The summed E-state index contributed by atoms with van der Waals surface area (Å²) in [6, 6.07) is 7.30. The van der Waals surface area contributed by atoms with E-state index in [2.05, 4.69) is 15.3 Å². The van der Waals surface area contributed by atoms with Crippen molar-refractivity contribution in [2.75, 3.05) is 6.61 Å². The van der Waals surface area contributed by atoms with Crippen molar-refractivity contribution >= 4 is 0 Å². The number of phenolic OH excluding ortho intramolecular Hbond substituents is 1. The maximum atomic E-state index is 10.3. The van der Waals surface area contributed by atoms with Crippen molar-refractivity contribution in [2.24, 2.45) is 7.05 Å². The van der Waals surface area contributed by atoms with Gasteiger partial charge in [0.2, 0.25) is 0 Å². The van der Waals surface area contributed by atoms with Gasteiger partial charge in [0, 0.05) is 36.9 Å². The first-order valence-corrected chi connectivity index (χ1v) is 10.5. The lowest BCUT2D eigenvalue weighted by Crippen LogP contribution is -2.22. The average molecular weight is 407 g/mol. The minimum Gasteiger partial charge on any atom is -0.507 e. The smallest absolute Gasteiger partial charge is 0.182 e. The van der Waals surface area contributed by atoms with Gasteiger partial charge < -0.3 is 14.6 Å². The van der Waals surface area contributed by atoms with E-state index >= 15 is 0 Å². The molecule has 0 spiro atoms. The molecule has 2 aromatic heterocycles. The third kappa shape index (κ3) is 3.80. The van der Waals surface area contributed by atoms with Crippen LogP contribution in [0.3, 0.4) is 0 Å². The fraction of sp³-hybridized carbons (Fsp3) is 0.455. The zero-order valence-electron chi connectivity index (χ0n) is 17.0. The molecule has 3 heterocycles. The molecule has 5 rings (SSSR count). The second kappa shape index (κ2) is 8.12. The topological polar surface area (TPSA) is 95.2 Å². The number of benzene rings is 1. The Morgan fingerprint density at radius 3 is 2.80 bits per heavy atom. The molecule has 2 fully saturated rings. The normalized spacial score (nSPS) is 19.2. The van der Waals surface area contributed by atoms with Gasteiger partial charge in [-0.25, -0.2) is 14.6 Å². The van der Waals surface area contributed by atoms with Gasteiger partial charge in [0.1, 0.15) is 5.75 Å². The Balaban J connectivity index is 1.46. The lowest BCUT2D eigenvalue weighted by molar-refractivity contribution is -0.169. The average Bonchev–Trinajstić information content (AvgIpc) is 3.56.